The fourth-order valence-electron chi connectivity index (χ4n) is 3.29. The van der Waals surface area contributed by atoms with Crippen LogP contribution in [0.15, 0.2) is 23.0 Å². The first-order valence-electron chi connectivity index (χ1n) is 8.85. The summed E-state index contributed by atoms with van der Waals surface area (Å²) in [5.41, 5.74) is 0. The van der Waals surface area contributed by atoms with Crippen molar-refractivity contribution in [3.8, 4) is 0 Å². The molecule has 1 aliphatic carbocycles. The van der Waals surface area contributed by atoms with Crippen molar-refractivity contribution in [2.45, 2.75) is 51.0 Å². The molecule has 128 valence electrons. The highest BCUT2D eigenvalue weighted by Crippen LogP contribution is 2.38. The number of rotatable bonds is 7. The van der Waals surface area contributed by atoms with Gasteiger partial charge in [0, 0.05) is 50.8 Å². The smallest absolute Gasteiger partial charge is 0.229 e. The lowest BCUT2D eigenvalue weighted by Crippen LogP contribution is -2.29. The molecule has 3 heterocycles. The van der Waals surface area contributed by atoms with Gasteiger partial charge in [0.1, 0.15) is 0 Å². The fraction of sp³-hybridized carbons (Fsp3) is 0.647. The molecule has 0 spiro atoms. The number of aryl methyl sites for hydroxylation is 2. The summed E-state index contributed by atoms with van der Waals surface area (Å²) in [7, 11) is 0. The first-order valence-corrected chi connectivity index (χ1v) is 8.85. The van der Waals surface area contributed by atoms with Gasteiger partial charge in [-0.15, -0.1) is 0 Å². The van der Waals surface area contributed by atoms with E-state index in [9.17, 15) is 4.79 Å². The van der Waals surface area contributed by atoms with Crippen LogP contribution >= 0.6 is 0 Å². The molecule has 1 saturated heterocycles. The van der Waals surface area contributed by atoms with Crippen molar-refractivity contribution in [1.29, 1.82) is 0 Å². The highest BCUT2D eigenvalue weighted by Gasteiger charge is 2.30. The maximum atomic E-state index is 12.3. The van der Waals surface area contributed by atoms with Crippen LogP contribution in [0, 0.1) is 5.92 Å². The average Bonchev–Trinajstić information content (AvgIpc) is 3.03. The molecule has 2 aliphatic rings. The van der Waals surface area contributed by atoms with Crippen LogP contribution in [0.1, 0.15) is 49.7 Å². The van der Waals surface area contributed by atoms with Gasteiger partial charge in [0.15, 0.2) is 5.82 Å². The predicted molar refractivity (Wildman–Crippen MR) is 86.1 cm³/mol. The second-order valence-corrected chi connectivity index (χ2v) is 6.88. The normalized spacial score (nSPS) is 20.7. The lowest BCUT2D eigenvalue weighted by molar-refractivity contribution is -0.130. The van der Waals surface area contributed by atoms with Gasteiger partial charge in [-0.2, -0.15) is 10.1 Å². The second-order valence-electron chi connectivity index (χ2n) is 6.88. The molecule has 0 radical (unpaired) electrons. The molecular formula is C17H23N5O2. The number of nitrogens with zero attached hydrogens (tertiary/aromatic N) is 5. The Morgan fingerprint density at radius 3 is 3.04 bits per heavy atom. The molecule has 1 unspecified atom stereocenters. The van der Waals surface area contributed by atoms with Gasteiger partial charge < -0.3 is 9.42 Å². The van der Waals surface area contributed by atoms with E-state index < -0.39 is 0 Å². The van der Waals surface area contributed by atoms with Crippen LogP contribution in [0.3, 0.4) is 0 Å². The van der Waals surface area contributed by atoms with Gasteiger partial charge in [0.2, 0.25) is 11.8 Å². The molecule has 0 N–H and O–H groups in total. The molecule has 24 heavy (non-hydrogen) atoms. The van der Waals surface area contributed by atoms with E-state index in [-0.39, 0.29) is 5.91 Å². The lowest BCUT2D eigenvalue weighted by atomic mass is 10.0. The van der Waals surface area contributed by atoms with Crippen LogP contribution in [0.2, 0.25) is 0 Å². The monoisotopic (exact) mass is 329 g/mol. The molecule has 2 fully saturated rings. The molecule has 4 rings (SSSR count). The summed E-state index contributed by atoms with van der Waals surface area (Å²) < 4.78 is 7.10. The molecule has 7 nitrogen and oxygen atoms in total. The topological polar surface area (TPSA) is 77.0 Å². The van der Waals surface area contributed by atoms with E-state index in [1.165, 1.54) is 12.8 Å². The van der Waals surface area contributed by atoms with Gasteiger partial charge in [-0.1, -0.05) is 5.16 Å². The van der Waals surface area contributed by atoms with E-state index in [2.05, 4.69) is 15.2 Å². The Kier molecular flexibility index (Phi) is 4.32. The van der Waals surface area contributed by atoms with E-state index in [1.54, 1.807) is 10.9 Å². The first kappa shape index (κ1) is 15.4. The summed E-state index contributed by atoms with van der Waals surface area (Å²) in [5, 5.41) is 8.21. The van der Waals surface area contributed by atoms with Gasteiger partial charge in [0.05, 0.1) is 0 Å². The molecule has 1 amide bonds. The second kappa shape index (κ2) is 6.75. The molecule has 7 heteroatoms. The molecule has 1 atom stereocenters. The van der Waals surface area contributed by atoms with Crippen LogP contribution < -0.4 is 0 Å². The zero-order valence-electron chi connectivity index (χ0n) is 13.8. The highest BCUT2D eigenvalue weighted by molar-refractivity contribution is 5.76. The third-order valence-corrected chi connectivity index (χ3v) is 4.94. The molecule has 0 aromatic carbocycles. The summed E-state index contributed by atoms with van der Waals surface area (Å²) in [6.45, 7) is 2.37. The van der Waals surface area contributed by atoms with E-state index >= 15 is 0 Å². The number of likely N-dealkylation sites (tertiary alicyclic amines) is 1. The number of amides is 1. The molecule has 1 saturated carbocycles. The Labute approximate surface area is 141 Å². The van der Waals surface area contributed by atoms with Gasteiger partial charge in [-0.3, -0.25) is 9.48 Å². The van der Waals surface area contributed by atoms with Gasteiger partial charge >= 0.3 is 0 Å². The highest BCUT2D eigenvalue weighted by atomic mass is 16.5. The minimum absolute atomic E-state index is 0.226. The number of hydrogen-bond donors (Lipinski definition) is 0. The Bertz CT molecular complexity index is 677. The maximum Gasteiger partial charge on any atom is 0.229 e. The Morgan fingerprint density at radius 2 is 2.25 bits per heavy atom. The van der Waals surface area contributed by atoms with Crippen molar-refractivity contribution in [3.05, 3.63) is 30.2 Å². The standard InChI is InChI=1S/C17H23N5O2/c23-16(7-11-22-9-1-8-18-22)21-10-6-13(12-21)2-5-15-19-17(24-20-15)14-3-4-14/h1,8-9,13-14H,2-7,10-12H2. The van der Waals surface area contributed by atoms with Crippen molar-refractivity contribution >= 4 is 5.91 Å². The van der Waals surface area contributed by atoms with E-state index in [0.717, 1.165) is 44.1 Å². The van der Waals surface area contributed by atoms with Crippen LogP contribution in [-0.2, 0) is 17.8 Å². The van der Waals surface area contributed by atoms with Gasteiger partial charge in [0.25, 0.3) is 0 Å². The Hall–Kier alpha value is -2.18. The summed E-state index contributed by atoms with van der Waals surface area (Å²) in [6, 6.07) is 1.88. The van der Waals surface area contributed by atoms with Crippen LogP contribution in [0.25, 0.3) is 0 Å². The van der Waals surface area contributed by atoms with Crippen molar-refractivity contribution in [2.75, 3.05) is 13.1 Å². The zero-order chi connectivity index (χ0) is 16.4. The van der Waals surface area contributed by atoms with Crippen molar-refractivity contribution in [3.63, 3.8) is 0 Å². The van der Waals surface area contributed by atoms with E-state index in [4.69, 9.17) is 4.52 Å². The van der Waals surface area contributed by atoms with Gasteiger partial charge in [-0.05, 0) is 37.7 Å². The Balaban J connectivity index is 1.20. The van der Waals surface area contributed by atoms with Crippen molar-refractivity contribution in [2.24, 2.45) is 5.92 Å². The maximum absolute atomic E-state index is 12.3. The lowest BCUT2D eigenvalue weighted by Gasteiger charge is -2.16. The van der Waals surface area contributed by atoms with Gasteiger partial charge in [-0.25, -0.2) is 0 Å². The SMILES string of the molecule is O=C(CCn1cccn1)N1CCC(CCc2noc(C3CC3)n2)C1. The average molecular weight is 329 g/mol. The summed E-state index contributed by atoms with van der Waals surface area (Å²) in [4.78, 5) is 18.8. The number of hydrogen-bond acceptors (Lipinski definition) is 5. The minimum Gasteiger partial charge on any atom is -0.342 e. The molecular weight excluding hydrogens is 306 g/mol. The number of aromatic nitrogens is 4. The fourth-order valence-corrected chi connectivity index (χ4v) is 3.29. The first-order chi connectivity index (χ1) is 11.8. The minimum atomic E-state index is 0.226. The molecule has 1 aliphatic heterocycles. The van der Waals surface area contributed by atoms with E-state index in [0.29, 0.717) is 24.8 Å². The molecule has 0 bridgehead atoms. The summed E-state index contributed by atoms with van der Waals surface area (Å²) in [6.07, 6.45) is 9.44. The third-order valence-electron chi connectivity index (χ3n) is 4.94. The summed E-state index contributed by atoms with van der Waals surface area (Å²) in [5.74, 6) is 2.91. The molecule has 2 aromatic heterocycles. The van der Waals surface area contributed by atoms with Crippen LogP contribution in [0.5, 0.6) is 0 Å². The number of carbonyl (C=O) groups excluding carboxylic acids is 1. The van der Waals surface area contributed by atoms with Crippen LogP contribution in [0.4, 0.5) is 0 Å². The van der Waals surface area contributed by atoms with Crippen molar-refractivity contribution < 1.29 is 9.32 Å². The van der Waals surface area contributed by atoms with E-state index in [1.807, 2.05) is 17.2 Å². The third kappa shape index (κ3) is 3.66. The largest absolute Gasteiger partial charge is 0.342 e. The zero-order valence-corrected chi connectivity index (χ0v) is 13.8. The predicted octanol–water partition coefficient (Wildman–Crippen LogP) is 2.01. The Morgan fingerprint density at radius 1 is 1.33 bits per heavy atom. The number of carbonyl (C=O) groups is 1. The summed E-state index contributed by atoms with van der Waals surface area (Å²) >= 11 is 0. The van der Waals surface area contributed by atoms with Crippen LogP contribution in [-0.4, -0.2) is 43.8 Å². The quantitative estimate of drug-likeness (QED) is 0.776. The molecule has 2 aromatic rings. The van der Waals surface area contributed by atoms with Crippen molar-refractivity contribution in [1.82, 2.24) is 24.8 Å².